The van der Waals surface area contributed by atoms with Crippen molar-refractivity contribution in [1.29, 1.82) is 0 Å². The van der Waals surface area contributed by atoms with E-state index in [9.17, 15) is 0 Å². The third kappa shape index (κ3) is 5.84. The van der Waals surface area contributed by atoms with Gasteiger partial charge in [0, 0.05) is 6.54 Å². The minimum Gasteiger partial charge on any atom is -0.493 e. The third-order valence-electron chi connectivity index (χ3n) is 3.80. The number of ether oxygens (including phenoxy) is 2. The lowest BCUT2D eigenvalue weighted by Gasteiger charge is -2.14. The van der Waals surface area contributed by atoms with E-state index in [4.69, 9.17) is 9.47 Å². The van der Waals surface area contributed by atoms with Crippen LogP contribution in [0.1, 0.15) is 30.9 Å². The van der Waals surface area contributed by atoms with E-state index in [0.29, 0.717) is 6.61 Å². The molecule has 0 aliphatic heterocycles. The monoisotopic (exact) mass is 391 g/mol. The van der Waals surface area contributed by atoms with Crippen molar-refractivity contribution in [3.63, 3.8) is 0 Å². The van der Waals surface area contributed by atoms with Crippen molar-refractivity contribution in [2.75, 3.05) is 20.3 Å². The predicted octanol–water partition coefficient (Wildman–Crippen LogP) is 4.97. The van der Waals surface area contributed by atoms with E-state index in [0.717, 1.165) is 48.3 Å². The Kier molecular flexibility index (Phi) is 8.13. The number of methoxy groups -OCH3 is 1. The van der Waals surface area contributed by atoms with Crippen molar-refractivity contribution < 1.29 is 9.47 Å². The Morgan fingerprint density at radius 1 is 1.08 bits per heavy atom. The normalized spacial score (nSPS) is 10.6. The summed E-state index contributed by atoms with van der Waals surface area (Å²) in [5.74, 6) is 1.57. The summed E-state index contributed by atoms with van der Waals surface area (Å²) >= 11 is 3.60. The van der Waals surface area contributed by atoms with Crippen molar-refractivity contribution in [2.24, 2.45) is 0 Å². The van der Waals surface area contributed by atoms with Crippen LogP contribution in [0.3, 0.4) is 0 Å². The second-order valence-electron chi connectivity index (χ2n) is 5.72. The Labute approximate surface area is 153 Å². The molecule has 24 heavy (non-hydrogen) atoms. The molecular formula is C20H26BrNO2. The molecule has 0 heterocycles. The van der Waals surface area contributed by atoms with Gasteiger partial charge in [-0.3, -0.25) is 0 Å². The molecule has 130 valence electrons. The highest BCUT2D eigenvalue weighted by atomic mass is 79.9. The fraction of sp³-hybridized carbons (Fsp3) is 0.400. The fourth-order valence-electron chi connectivity index (χ4n) is 2.44. The molecule has 2 aromatic rings. The minimum absolute atomic E-state index is 0.708. The molecule has 2 aromatic carbocycles. The van der Waals surface area contributed by atoms with Crippen LogP contribution in [-0.2, 0) is 13.0 Å². The maximum absolute atomic E-state index is 5.85. The van der Waals surface area contributed by atoms with E-state index in [1.54, 1.807) is 7.11 Å². The lowest BCUT2D eigenvalue weighted by atomic mass is 10.1. The van der Waals surface area contributed by atoms with Gasteiger partial charge in [-0.15, -0.1) is 0 Å². The van der Waals surface area contributed by atoms with Crippen molar-refractivity contribution in [2.45, 2.75) is 32.7 Å². The number of nitrogens with one attached hydrogen (secondary N) is 1. The molecule has 0 spiro atoms. The van der Waals surface area contributed by atoms with Gasteiger partial charge in [0.2, 0.25) is 0 Å². The van der Waals surface area contributed by atoms with Crippen molar-refractivity contribution >= 4 is 15.9 Å². The van der Waals surface area contributed by atoms with Gasteiger partial charge in [-0.2, -0.15) is 0 Å². The summed E-state index contributed by atoms with van der Waals surface area (Å²) in [6, 6.07) is 14.7. The van der Waals surface area contributed by atoms with Gasteiger partial charge in [-0.25, -0.2) is 0 Å². The van der Waals surface area contributed by atoms with Gasteiger partial charge >= 0.3 is 0 Å². The molecule has 0 saturated carbocycles. The van der Waals surface area contributed by atoms with Gasteiger partial charge < -0.3 is 14.8 Å². The molecule has 1 N–H and O–H groups in total. The van der Waals surface area contributed by atoms with Crippen LogP contribution >= 0.6 is 15.9 Å². The number of hydrogen-bond donors (Lipinski definition) is 1. The van der Waals surface area contributed by atoms with E-state index in [1.165, 1.54) is 11.1 Å². The van der Waals surface area contributed by atoms with Gasteiger partial charge in [0.05, 0.1) is 18.2 Å². The maximum Gasteiger partial charge on any atom is 0.175 e. The summed E-state index contributed by atoms with van der Waals surface area (Å²) in [4.78, 5) is 0. The first-order valence-electron chi connectivity index (χ1n) is 8.48. The maximum atomic E-state index is 5.85. The summed E-state index contributed by atoms with van der Waals surface area (Å²) < 4.78 is 12.3. The van der Waals surface area contributed by atoms with Crippen LogP contribution in [0.5, 0.6) is 11.5 Å². The summed E-state index contributed by atoms with van der Waals surface area (Å²) in [7, 11) is 1.68. The lowest BCUT2D eigenvalue weighted by Crippen LogP contribution is -2.16. The van der Waals surface area contributed by atoms with Crippen molar-refractivity contribution in [3.8, 4) is 11.5 Å². The molecule has 0 aliphatic rings. The summed E-state index contributed by atoms with van der Waals surface area (Å²) in [6.07, 6.45) is 3.18. The van der Waals surface area contributed by atoms with E-state index in [2.05, 4.69) is 58.5 Å². The van der Waals surface area contributed by atoms with Crippen LogP contribution in [0.4, 0.5) is 0 Å². The zero-order valence-corrected chi connectivity index (χ0v) is 16.1. The van der Waals surface area contributed by atoms with E-state index in [-0.39, 0.29) is 0 Å². The standard InChI is InChI=1S/C20H26BrNO2/c1-3-4-12-24-20-18(21)13-17(14-19(20)23-2)15-22-11-10-16-8-6-5-7-9-16/h5-9,13-14,22H,3-4,10-12,15H2,1-2H3. The van der Waals surface area contributed by atoms with Gasteiger partial charge in [0.1, 0.15) is 0 Å². The van der Waals surface area contributed by atoms with Gasteiger partial charge in [-0.1, -0.05) is 43.7 Å². The SMILES string of the molecule is CCCCOc1c(Br)cc(CNCCc2ccccc2)cc1OC. The Bertz CT molecular complexity index is 617. The van der Waals surface area contributed by atoms with Crippen LogP contribution in [0.25, 0.3) is 0 Å². The van der Waals surface area contributed by atoms with E-state index < -0.39 is 0 Å². The Morgan fingerprint density at radius 3 is 2.58 bits per heavy atom. The molecule has 2 rings (SSSR count). The number of halogens is 1. The number of benzene rings is 2. The Morgan fingerprint density at radius 2 is 1.88 bits per heavy atom. The zero-order valence-electron chi connectivity index (χ0n) is 14.5. The van der Waals surface area contributed by atoms with Gasteiger partial charge in [0.15, 0.2) is 11.5 Å². The van der Waals surface area contributed by atoms with Crippen LogP contribution in [0, 0.1) is 0 Å². The summed E-state index contributed by atoms with van der Waals surface area (Å²) in [5.41, 5.74) is 2.53. The van der Waals surface area contributed by atoms with Crippen LogP contribution < -0.4 is 14.8 Å². The largest absolute Gasteiger partial charge is 0.493 e. The first-order valence-corrected chi connectivity index (χ1v) is 9.27. The van der Waals surface area contributed by atoms with Crippen molar-refractivity contribution in [3.05, 3.63) is 58.1 Å². The summed E-state index contributed by atoms with van der Waals surface area (Å²) in [6.45, 7) is 4.61. The number of rotatable bonds is 10. The smallest absolute Gasteiger partial charge is 0.175 e. The number of hydrogen-bond acceptors (Lipinski definition) is 3. The summed E-state index contributed by atoms with van der Waals surface area (Å²) in [5, 5.41) is 3.48. The van der Waals surface area contributed by atoms with Crippen molar-refractivity contribution in [1.82, 2.24) is 5.32 Å². The molecule has 0 saturated heterocycles. The molecule has 0 atom stereocenters. The molecule has 0 unspecified atom stereocenters. The topological polar surface area (TPSA) is 30.5 Å². The fourth-order valence-corrected chi connectivity index (χ4v) is 3.05. The predicted molar refractivity (Wildman–Crippen MR) is 103 cm³/mol. The van der Waals surface area contributed by atoms with E-state index in [1.807, 2.05) is 12.1 Å². The minimum atomic E-state index is 0.708. The molecule has 4 heteroatoms. The number of unbranched alkanes of at least 4 members (excludes halogenated alkanes) is 1. The highest BCUT2D eigenvalue weighted by molar-refractivity contribution is 9.10. The zero-order chi connectivity index (χ0) is 17.2. The third-order valence-corrected chi connectivity index (χ3v) is 4.38. The Hall–Kier alpha value is -1.52. The van der Waals surface area contributed by atoms with E-state index >= 15 is 0 Å². The first-order chi connectivity index (χ1) is 11.7. The molecule has 3 nitrogen and oxygen atoms in total. The molecule has 0 aliphatic carbocycles. The van der Waals surface area contributed by atoms with Crippen LogP contribution in [-0.4, -0.2) is 20.3 Å². The van der Waals surface area contributed by atoms with Crippen LogP contribution in [0.2, 0.25) is 0 Å². The molecule has 0 aromatic heterocycles. The molecular weight excluding hydrogens is 366 g/mol. The highest BCUT2D eigenvalue weighted by Gasteiger charge is 2.11. The average molecular weight is 392 g/mol. The van der Waals surface area contributed by atoms with Gasteiger partial charge in [-0.05, 0) is 58.6 Å². The second-order valence-corrected chi connectivity index (χ2v) is 6.58. The Balaban J connectivity index is 1.89. The van der Waals surface area contributed by atoms with Crippen LogP contribution in [0.15, 0.2) is 46.9 Å². The first kappa shape index (κ1) is 18.8. The molecule has 0 bridgehead atoms. The van der Waals surface area contributed by atoms with Gasteiger partial charge in [0.25, 0.3) is 0 Å². The molecule has 0 radical (unpaired) electrons. The lowest BCUT2D eigenvalue weighted by molar-refractivity contribution is 0.286. The average Bonchev–Trinajstić information content (AvgIpc) is 2.61. The second kappa shape index (κ2) is 10.4. The quantitative estimate of drug-likeness (QED) is 0.579. The molecule has 0 amide bonds. The highest BCUT2D eigenvalue weighted by Crippen LogP contribution is 2.36. The molecule has 0 fully saturated rings.